The molecule has 0 spiro atoms. The van der Waals surface area contributed by atoms with Crippen LogP contribution in [-0.4, -0.2) is 19.5 Å². The van der Waals surface area contributed by atoms with Gasteiger partial charge in [0.1, 0.15) is 5.75 Å². The zero-order chi connectivity index (χ0) is 11.3. The van der Waals surface area contributed by atoms with Gasteiger partial charge in [-0.25, -0.2) is 0 Å². The Morgan fingerprint density at radius 2 is 2.27 bits per heavy atom. The van der Waals surface area contributed by atoms with Crippen LogP contribution in [0.25, 0.3) is 0 Å². The molecular weight excluding hydrogens is 214 g/mol. The second-order valence-electron chi connectivity index (χ2n) is 2.86. The number of methoxy groups -OCH3 is 1. The van der Waals surface area contributed by atoms with E-state index in [2.05, 4.69) is 10.5 Å². The third-order valence-electron chi connectivity index (χ3n) is 1.83. The van der Waals surface area contributed by atoms with Crippen LogP contribution in [0.15, 0.2) is 17.2 Å². The van der Waals surface area contributed by atoms with E-state index in [4.69, 9.17) is 21.7 Å². The van der Waals surface area contributed by atoms with E-state index < -0.39 is 0 Å². The predicted octanol–water partition coefficient (Wildman–Crippen LogP) is 2.70. The highest BCUT2D eigenvalue weighted by Crippen LogP contribution is 2.30. The van der Waals surface area contributed by atoms with Crippen molar-refractivity contribution < 1.29 is 4.74 Å². The summed E-state index contributed by atoms with van der Waals surface area (Å²) in [6, 6.07) is 3.56. The van der Waals surface area contributed by atoms with Crippen LogP contribution < -0.4 is 10.2 Å². The Bertz CT molecular complexity index is 390. The second-order valence-corrected chi connectivity index (χ2v) is 3.27. The largest absolute Gasteiger partial charge is 0.495 e. The molecule has 0 aliphatic carbocycles. The predicted molar refractivity (Wildman–Crippen MR) is 63.6 cm³/mol. The first-order chi connectivity index (χ1) is 7.19. The van der Waals surface area contributed by atoms with Gasteiger partial charge in [0.2, 0.25) is 0 Å². The fourth-order valence-corrected chi connectivity index (χ4v) is 1.32. The maximum absolute atomic E-state index is 6.77. The highest BCUT2D eigenvalue weighted by molar-refractivity contribution is 6.32. The summed E-state index contributed by atoms with van der Waals surface area (Å²) in [5.74, 6) is 0.635. The molecule has 0 amide bonds. The van der Waals surface area contributed by atoms with E-state index in [9.17, 15) is 0 Å². The average molecular weight is 226 g/mol. The van der Waals surface area contributed by atoms with Crippen molar-refractivity contribution in [2.24, 2.45) is 5.10 Å². The third kappa shape index (κ3) is 2.95. The number of hydrogen-bond donors (Lipinski definition) is 2. The van der Waals surface area contributed by atoms with Crippen LogP contribution in [0.5, 0.6) is 5.75 Å². The lowest BCUT2D eigenvalue weighted by Crippen LogP contribution is -1.94. The summed E-state index contributed by atoms with van der Waals surface area (Å²) in [4.78, 5) is 0. The van der Waals surface area contributed by atoms with Crippen LogP contribution >= 0.6 is 11.6 Å². The number of aryl methyl sites for hydroxylation is 1. The van der Waals surface area contributed by atoms with E-state index in [1.165, 1.54) is 6.21 Å². The molecule has 0 aliphatic rings. The van der Waals surface area contributed by atoms with E-state index in [0.29, 0.717) is 10.8 Å². The number of rotatable bonds is 4. The van der Waals surface area contributed by atoms with Crippen molar-refractivity contribution >= 4 is 29.7 Å². The highest BCUT2D eigenvalue weighted by atomic mass is 35.5. The molecule has 2 N–H and O–H groups in total. The number of nitrogens with zero attached hydrogens (tertiary/aromatic N) is 1. The Labute approximate surface area is 93.4 Å². The van der Waals surface area contributed by atoms with Gasteiger partial charge in [-0.2, -0.15) is 5.10 Å². The lowest BCUT2D eigenvalue weighted by Gasteiger charge is -2.09. The third-order valence-corrected chi connectivity index (χ3v) is 2.13. The normalized spacial score (nSPS) is 10.3. The first-order valence-corrected chi connectivity index (χ1v) is 4.69. The van der Waals surface area contributed by atoms with Crippen molar-refractivity contribution in [3.8, 4) is 5.75 Å². The molecule has 80 valence electrons. The molecule has 0 heterocycles. The Morgan fingerprint density at radius 1 is 1.53 bits per heavy atom. The minimum absolute atomic E-state index is 0.524. The molecule has 0 unspecified atom stereocenters. The van der Waals surface area contributed by atoms with E-state index in [0.717, 1.165) is 17.5 Å². The van der Waals surface area contributed by atoms with Gasteiger partial charge in [0, 0.05) is 6.21 Å². The van der Waals surface area contributed by atoms with Crippen LogP contribution in [0.3, 0.4) is 0 Å². The first-order valence-electron chi connectivity index (χ1n) is 4.31. The van der Waals surface area contributed by atoms with Gasteiger partial charge in [-0.15, -0.1) is 0 Å². The SMILES string of the molecule is COc1cc(C)c(N/N=C\C=N)cc1Cl. The monoisotopic (exact) mass is 225 g/mol. The lowest BCUT2D eigenvalue weighted by molar-refractivity contribution is 0.415. The maximum Gasteiger partial charge on any atom is 0.137 e. The molecule has 0 fully saturated rings. The second kappa shape index (κ2) is 5.36. The van der Waals surface area contributed by atoms with Crippen LogP contribution in [0.2, 0.25) is 5.02 Å². The van der Waals surface area contributed by atoms with E-state index >= 15 is 0 Å². The van der Waals surface area contributed by atoms with Gasteiger partial charge in [-0.3, -0.25) is 5.43 Å². The molecule has 15 heavy (non-hydrogen) atoms. The van der Waals surface area contributed by atoms with E-state index in [1.54, 1.807) is 13.2 Å². The molecule has 0 aromatic heterocycles. The molecule has 0 saturated carbocycles. The molecule has 1 rings (SSSR count). The first kappa shape index (κ1) is 11.5. The molecule has 1 aromatic carbocycles. The topological polar surface area (TPSA) is 57.5 Å². The summed E-state index contributed by atoms with van der Waals surface area (Å²) in [7, 11) is 1.57. The number of hydrogen-bond acceptors (Lipinski definition) is 4. The fourth-order valence-electron chi connectivity index (χ4n) is 1.08. The van der Waals surface area contributed by atoms with E-state index in [-0.39, 0.29) is 0 Å². The molecule has 0 radical (unpaired) electrons. The van der Waals surface area contributed by atoms with Crippen LogP contribution in [0.1, 0.15) is 5.56 Å². The fraction of sp³-hybridized carbons (Fsp3) is 0.200. The highest BCUT2D eigenvalue weighted by Gasteiger charge is 2.04. The molecule has 0 saturated heterocycles. The Kier molecular flexibility index (Phi) is 4.12. The molecule has 1 aromatic rings. The van der Waals surface area contributed by atoms with Crippen molar-refractivity contribution in [2.45, 2.75) is 6.92 Å². The van der Waals surface area contributed by atoms with Crippen molar-refractivity contribution in [3.05, 3.63) is 22.7 Å². The summed E-state index contributed by atoms with van der Waals surface area (Å²) < 4.78 is 5.07. The number of nitrogens with one attached hydrogen (secondary N) is 2. The van der Waals surface area contributed by atoms with E-state index in [1.807, 2.05) is 13.0 Å². The molecule has 0 aliphatic heterocycles. The quantitative estimate of drug-likeness (QED) is 0.612. The van der Waals surface area contributed by atoms with Gasteiger partial charge < -0.3 is 10.1 Å². The summed E-state index contributed by atoms with van der Waals surface area (Å²) in [6.07, 6.45) is 2.44. The van der Waals surface area contributed by atoms with Crippen LogP contribution in [0.4, 0.5) is 5.69 Å². The van der Waals surface area contributed by atoms with Crippen molar-refractivity contribution in [3.63, 3.8) is 0 Å². The Hall–Kier alpha value is -1.55. The number of halogens is 1. The smallest absolute Gasteiger partial charge is 0.137 e. The molecule has 5 heteroatoms. The molecule has 0 bridgehead atoms. The van der Waals surface area contributed by atoms with Crippen LogP contribution in [0, 0.1) is 12.3 Å². The summed E-state index contributed by atoms with van der Waals surface area (Å²) in [5.41, 5.74) is 4.55. The van der Waals surface area contributed by atoms with Crippen LogP contribution in [-0.2, 0) is 0 Å². The Morgan fingerprint density at radius 3 is 2.87 bits per heavy atom. The summed E-state index contributed by atoms with van der Waals surface area (Å²) in [6.45, 7) is 1.92. The zero-order valence-corrected chi connectivity index (χ0v) is 9.30. The Balaban J connectivity index is 2.94. The summed E-state index contributed by atoms with van der Waals surface area (Å²) in [5, 5.41) is 11.1. The average Bonchev–Trinajstić information content (AvgIpc) is 2.23. The summed E-state index contributed by atoms with van der Waals surface area (Å²) >= 11 is 5.95. The lowest BCUT2D eigenvalue weighted by atomic mass is 10.2. The minimum atomic E-state index is 0.524. The van der Waals surface area contributed by atoms with Gasteiger partial charge in [0.15, 0.2) is 0 Å². The van der Waals surface area contributed by atoms with Crippen molar-refractivity contribution in [2.75, 3.05) is 12.5 Å². The van der Waals surface area contributed by atoms with Gasteiger partial charge in [-0.05, 0) is 24.6 Å². The van der Waals surface area contributed by atoms with Crippen molar-refractivity contribution in [1.29, 1.82) is 5.41 Å². The number of anilines is 1. The number of hydrazone groups is 1. The van der Waals surface area contributed by atoms with Crippen molar-refractivity contribution in [1.82, 2.24) is 0 Å². The standard InChI is InChI=1S/C10H12ClN3O/c1-7-5-10(15-2)8(11)6-9(7)14-13-4-3-12/h3-6,12,14H,1-2H3/b12-3?,13-4-. The molecule has 0 atom stereocenters. The van der Waals surface area contributed by atoms with Gasteiger partial charge in [0.05, 0.1) is 24.0 Å². The number of ether oxygens (including phenoxy) is 1. The van der Waals surface area contributed by atoms with Gasteiger partial charge in [-0.1, -0.05) is 11.6 Å². The molecular formula is C10H12ClN3O. The molecule has 4 nitrogen and oxygen atoms in total. The van der Waals surface area contributed by atoms with Gasteiger partial charge in [0.25, 0.3) is 0 Å². The maximum atomic E-state index is 6.77. The van der Waals surface area contributed by atoms with Gasteiger partial charge >= 0.3 is 0 Å². The zero-order valence-electron chi connectivity index (χ0n) is 8.54. The minimum Gasteiger partial charge on any atom is -0.495 e. The number of benzene rings is 1.